The van der Waals surface area contributed by atoms with E-state index in [9.17, 15) is 9.59 Å². The summed E-state index contributed by atoms with van der Waals surface area (Å²) in [5, 5.41) is 0.590. The van der Waals surface area contributed by atoms with Crippen LogP contribution in [0.15, 0.2) is 46.9 Å². The minimum Gasteiger partial charge on any atom is -0.484 e. The van der Waals surface area contributed by atoms with Crippen molar-refractivity contribution in [1.82, 2.24) is 10.9 Å². The number of hydrogen-bond acceptors (Lipinski definition) is 4. The van der Waals surface area contributed by atoms with E-state index in [-0.39, 0.29) is 13.2 Å². The maximum Gasteiger partial charge on any atom is 0.276 e. The smallest absolute Gasteiger partial charge is 0.276 e. The summed E-state index contributed by atoms with van der Waals surface area (Å²) >= 11 is 9.15. The first kappa shape index (κ1) is 19.1. The van der Waals surface area contributed by atoms with Gasteiger partial charge in [-0.15, -0.1) is 0 Å². The van der Waals surface area contributed by atoms with Crippen molar-refractivity contribution in [3.05, 3.63) is 57.5 Å². The summed E-state index contributed by atoms with van der Waals surface area (Å²) in [4.78, 5) is 23.3. The summed E-state index contributed by atoms with van der Waals surface area (Å²) in [5.41, 5.74) is 5.31. The van der Waals surface area contributed by atoms with E-state index in [4.69, 9.17) is 21.1 Å². The molecule has 8 heteroatoms. The van der Waals surface area contributed by atoms with Crippen LogP contribution in [-0.2, 0) is 9.59 Å². The lowest BCUT2D eigenvalue weighted by atomic mass is 10.2. The zero-order chi connectivity index (χ0) is 18.2. The van der Waals surface area contributed by atoms with Gasteiger partial charge >= 0.3 is 0 Å². The van der Waals surface area contributed by atoms with Crippen molar-refractivity contribution in [1.29, 1.82) is 0 Å². The number of benzene rings is 2. The molecular weight excluding hydrogens is 412 g/mol. The Kier molecular flexibility index (Phi) is 7.09. The fourth-order valence-corrected chi connectivity index (χ4v) is 2.30. The number of amides is 2. The molecule has 0 fully saturated rings. The van der Waals surface area contributed by atoms with Gasteiger partial charge in [0.05, 0.1) is 0 Å². The van der Waals surface area contributed by atoms with Crippen molar-refractivity contribution in [2.45, 2.75) is 6.92 Å². The number of rotatable bonds is 6. The van der Waals surface area contributed by atoms with E-state index in [1.54, 1.807) is 42.5 Å². The maximum atomic E-state index is 11.7. The molecule has 0 bridgehead atoms. The van der Waals surface area contributed by atoms with E-state index in [1.165, 1.54) is 0 Å². The normalized spacial score (nSPS) is 10.0. The number of hydrogen-bond donors (Lipinski definition) is 2. The minimum atomic E-state index is -0.494. The first-order chi connectivity index (χ1) is 11.9. The molecule has 0 saturated heterocycles. The highest BCUT2D eigenvalue weighted by atomic mass is 79.9. The summed E-state index contributed by atoms with van der Waals surface area (Å²) in [6.07, 6.45) is 0. The molecule has 0 unspecified atom stereocenters. The van der Waals surface area contributed by atoms with Crippen LogP contribution in [0.3, 0.4) is 0 Å². The number of halogens is 2. The monoisotopic (exact) mass is 426 g/mol. The first-order valence-electron chi connectivity index (χ1n) is 7.29. The second kappa shape index (κ2) is 9.29. The van der Waals surface area contributed by atoms with Crippen LogP contribution in [0.4, 0.5) is 0 Å². The molecule has 0 aliphatic carbocycles. The molecule has 0 spiro atoms. The van der Waals surface area contributed by atoms with Crippen LogP contribution < -0.4 is 20.3 Å². The molecular formula is C17H16BrClN2O4. The molecule has 0 heterocycles. The van der Waals surface area contributed by atoms with Crippen molar-refractivity contribution in [3.8, 4) is 11.5 Å². The molecule has 2 N–H and O–H groups in total. The SMILES string of the molecule is Cc1cc(Cl)ccc1OCC(=O)NNC(=O)COc1ccc(Br)cc1. The summed E-state index contributed by atoms with van der Waals surface area (Å²) in [6.45, 7) is 1.36. The molecule has 25 heavy (non-hydrogen) atoms. The molecule has 2 aromatic carbocycles. The summed E-state index contributed by atoms with van der Waals surface area (Å²) in [7, 11) is 0. The predicted molar refractivity (Wildman–Crippen MR) is 97.6 cm³/mol. The predicted octanol–water partition coefficient (Wildman–Crippen LogP) is 3.02. The lowest BCUT2D eigenvalue weighted by Crippen LogP contribution is -2.45. The van der Waals surface area contributed by atoms with Gasteiger partial charge in [0.25, 0.3) is 11.8 Å². The number of nitrogens with one attached hydrogen (secondary N) is 2. The Labute approximate surface area is 158 Å². The Hall–Kier alpha value is -2.25. The highest BCUT2D eigenvalue weighted by molar-refractivity contribution is 9.10. The quantitative estimate of drug-likeness (QED) is 0.695. The number of carbonyl (C=O) groups excluding carboxylic acids is 2. The van der Waals surface area contributed by atoms with E-state index in [0.717, 1.165) is 10.0 Å². The number of ether oxygens (including phenoxy) is 2. The van der Waals surface area contributed by atoms with Crippen molar-refractivity contribution < 1.29 is 19.1 Å². The molecule has 132 valence electrons. The third-order valence-electron chi connectivity index (χ3n) is 3.02. The van der Waals surface area contributed by atoms with Gasteiger partial charge in [-0.25, -0.2) is 0 Å². The van der Waals surface area contributed by atoms with Gasteiger partial charge < -0.3 is 9.47 Å². The fourth-order valence-electron chi connectivity index (χ4n) is 1.81. The third-order valence-corrected chi connectivity index (χ3v) is 3.78. The molecule has 2 rings (SSSR count). The minimum absolute atomic E-state index is 0.223. The number of aryl methyl sites for hydroxylation is 1. The summed E-state index contributed by atoms with van der Waals surface area (Å²) in [5.74, 6) is 0.112. The standard InChI is InChI=1S/C17H16BrClN2O4/c1-11-8-13(19)4-7-15(11)25-10-17(23)21-20-16(22)9-24-14-5-2-12(18)3-6-14/h2-8H,9-10H2,1H3,(H,20,22)(H,21,23). The molecule has 0 atom stereocenters. The molecule has 0 aliphatic heterocycles. The molecule has 0 aliphatic rings. The van der Waals surface area contributed by atoms with Gasteiger partial charge in [-0.2, -0.15) is 0 Å². The summed E-state index contributed by atoms with van der Waals surface area (Å²) < 4.78 is 11.6. The van der Waals surface area contributed by atoms with Crippen LogP contribution in [-0.4, -0.2) is 25.0 Å². The zero-order valence-corrected chi connectivity index (χ0v) is 15.7. The first-order valence-corrected chi connectivity index (χ1v) is 8.46. The molecule has 6 nitrogen and oxygen atoms in total. The second-order valence-corrected chi connectivity index (χ2v) is 6.39. The molecule has 0 saturated carbocycles. The summed E-state index contributed by atoms with van der Waals surface area (Å²) in [6, 6.07) is 12.1. The van der Waals surface area contributed by atoms with Crippen molar-refractivity contribution in [2.24, 2.45) is 0 Å². The molecule has 0 radical (unpaired) electrons. The lowest BCUT2D eigenvalue weighted by molar-refractivity contribution is -0.131. The van der Waals surface area contributed by atoms with E-state index in [1.807, 2.05) is 6.92 Å². The van der Waals surface area contributed by atoms with Crippen LogP contribution in [0.5, 0.6) is 11.5 Å². The Morgan fingerprint density at radius 2 is 1.60 bits per heavy atom. The van der Waals surface area contributed by atoms with Crippen molar-refractivity contribution in [2.75, 3.05) is 13.2 Å². The van der Waals surface area contributed by atoms with Gasteiger partial charge in [0.1, 0.15) is 11.5 Å². The Balaban J connectivity index is 1.68. The Morgan fingerprint density at radius 3 is 2.20 bits per heavy atom. The lowest BCUT2D eigenvalue weighted by Gasteiger charge is -2.11. The van der Waals surface area contributed by atoms with Crippen LogP contribution in [0.25, 0.3) is 0 Å². The van der Waals surface area contributed by atoms with Gasteiger partial charge in [-0.1, -0.05) is 27.5 Å². The topological polar surface area (TPSA) is 76.7 Å². The second-order valence-electron chi connectivity index (χ2n) is 5.04. The highest BCUT2D eigenvalue weighted by Crippen LogP contribution is 2.21. The van der Waals surface area contributed by atoms with E-state index < -0.39 is 11.8 Å². The van der Waals surface area contributed by atoms with E-state index >= 15 is 0 Å². The Bertz CT molecular complexity index is 753. The third kappa shape index (κ3) is 6.64. The average Bonchev–Trinajstić information content (AvgIpc) is 2.58. The van der Waals surface area contributed by atoms with Gasteiger partial charge in [0, 0.05) is 9.50 Å². The molecule has 2 amide bonds. The van der Waals surface area contributed by atoms with Crippen LogP contribution in [0, 0.1) is 6.92 Å². The van der Waals surface area contributed by atoms with Gasteiger partial charge in [-0.3, -0.25) is 20.4 Å². The largest absolute Gasteiger partial charge is 0.484 e. The highest BCUT2D eigenvalue weighted by Gasteiger charge is 2.08. The average molecular weight is 428 g/mol. The van der Waals surface area contributed by atoms with Crippen LogP contribution >= 0.6 is 27.5 Å². The van der Waals surface area contributed by atoms with E-state index in [2.05, 4.69) is 26.8 Å². The Morgan fingerprint density at radius 1 is 1.00 bits per heavy atom. The number of carbonyl (C=O) groups is 2. The number of hydrazine groups is 1. The van der Waals surface area contributed by atoms with Gasteiger partial charge in [0.15, 0.2) is 13.2 Å². The molecule has 0 aromatic heterocycles. The van der Waals surface area contributed by atoms with Crippen molar-refractivity contribution in [3.63, 3.8) is 0 Å². The van der Waals surface area contributed by atoms with Crippen molar-refractivity contribution >= 4 is 39.3 Å². The van der Waals surface area contributed by atoms with Gasteiger partial charge in [-0.05, 0) is 55.0 Å². The fraction of sp³-hybridized carbons (Fsp3) is 0.176. The van der Waals surface area contributed by atoms with Crippen LogP contribution in [0.1, 0.15) is 5.56 Å². The van der Waals surface area contributed by atoms with Gasteiger partial charge in [0.2, 0.25) is 0 Å². The van der Waals surface area contributed by atoms with Crippen LogP contribution in [0.2, 0.25) is 5.02 Å². The molecule has 2 aromatic rings. The van der Waals surface area contributed by atoms with E-state index in [0.29, 0.717) is 16.5 Å². The maximum absolute atomic E-state index is 11.7. The zero-order valence-electron chi connectivity index (χ0n) is 13.3.